The molecule has 0 saturated carbocycles. The number of nitrogens with zero attached hydrogens (tertiary/aromatic N) is 2. The number of imidazole rings is 1. The first-order valence-corrected chi connectivity index (χ1v) is 6.58. The van der Waals surface area contributed by atoms with Crippen molar-refractivity contribution in [1.29, 1.82) is 5.26 Å². The minimum Gasteiger partial charge on any atom is -0.333 e. The Hall–Kier alpha value is -1.47. The van der Waals surface area contributed by atoms with Gasteiger partial charge in [-0.15, -0.1) is 0 Å². The zero-order valence-corrected chi connectivity index (χ0v) is 10.8. The summed E-state index contributed by atoms with van der Waals surface area (Å²) in [6.07, 6.45) is 0.866. The van der Waals surface area contributed by atoms with E-state index in [9.17, 15) is 0 Å². The van der Waals surface area contributed by atoms with Crippen LogP contribution in [0.3, 0.4) is 0 Å². The van der Waals surface area contributed by atoms with Crippen molar-refractivity contribution in [1.82, 2.24) is 9.97 Å². The van der Waals surface area contributed by atoms with E-state index >= 15 is 0 Å². The fraction of sp³-hybridized carbons (Fsp3) is 0.385. The number of hydrogen-bond donors (Lipinski definition) is 1. The van der Waals surface area contributed by atoms with Crippen molar-refractivity contribution >= 4 is 22.8 Å². The van der Waals surface area contributed by atoms with E-state index in [1.165, 1.54) is 0 Å². The summed E-state index contributed by atoms with van der Waals surface area (Å²) < 4.78 is 0. The second kappa shape index (κ2) is 4.80. The average molecular weight is 245 g/mol. The number of rotatable bonds is 4. The van der Waals surface area contributed by atoms with Crippen molar-refractivity contribution in [3.8, 4) is 6.07 Å². The maximum atomic E-state index is 8.92. The lowest BCUT2D eigenvalue weighted by atomic mass is 9.93. The topological polar surface area (TPSA) is 52.5 Å². The number of hydrogen-bond acceptors (Lipinski definition) is 3. The Morgan fingerprint density at radius 3 is 2.88 bits per heavy atom. The monoisotopic (exact) mass is 245 g/mol. The summed E-state index contributed by atoms with van der Waals surface area (Å²) in [5, 5.41) is 9.85. The standard InChI is InChI=1S/C13H15N3S/c1-13(2,9-14)7-8-17-12-15-10-5-3-4-6-11(10)16-12/h3-6H,7-8H2,1-2H3,(H,15,16). The van der Waals surface area contributed by atoms with Gasteiger partial charge in [-0.05, 0) is 32.4 Å². The van der Waals surface area contributed by atoms with Gasteiger partial charge in [-0.2, -0.15) is 5.26 Å². The Kier molecular flexibility index (Phi) is 3.39. The summed E-state index contributed by atoms with van der Waals surface area (Å²) in [6, 6.07) is 10.3. The van der Waals surface area contributed by atoms with E-state index in [0.717, 1.165) is 28.4 Å². The van der Waals surface area contributed by atoms with Crippen molar-refractivity contribution in [3.05, 3.63) is 24.3 Å². The maximum absolute atomic E-state index is 8.92. The Morgan fingerprint density at radius 2 is 2.18 bits per heavy atom. The van der Waals surface area contributed by atoms with Crippen LogP contribution in [0.4, 0.5) is 0 Å². The van der Waals surface area contributed by atoms with Gasteiger partial charge in [-0.25, -0.2) is 4.98 Å². The zero-order valence-electron chi connectivity index (χ0n) is 10.0. The van der Waals surface area contributed by atoms with E-state index in [4.69, 9.17) is 5.26 Å². The number of benzene rings is 1. The lowest BCUT2D eigenvalue weighted by Gasteiger charge is -2.13. The number of nitriles is 1. The van der Waals surface area contributed by atoms with Gasteiger partial charge in [0.1, 0.15) is 0 Å². The zero-order chi connectivity index (χ0) is 12.3. The molecule has 0 atom stereocenters. The van der Waals surface area contributed by atoms with E-state index in [0.29, 0.717) is 0 Å². The van der Waals surface area contributed by atoms with Crippen molar-refractivity contribution in [2.75, 3.05) is 5.75 Å². The van der Waals surface area contributed by atoms with Gasteiger partial charge in [-0.3, -0.25) is 0 Å². The van der Waals surface area contributed by atoms with Crippen LogP contribution in [0.15, 0.2) is 29.4 Å². The predicted molar refractivity (Wildman–Crippen MR) is 70.8 cm³/mol. The molecule has 0 aliphatic carbocycles. The fourth-order valence-electron chi connectivity index (χ4n) is 1.46. The van der Waals surface area contributed by atoms with Crippen LogP contribution in [0.2, 0.25) is 0 Å². The second-order valence-electron chi connectivity index (χ2n) is 4.65. The summed E-state index contributed by atoms with van der Waals surface area (Å²) in [7, 11) is 0. The Bertz CT molecular complexity index is 518. The molecule has 1 heterocycles. The minimum absolute atomic E-state index is 0.251. The molecule has 0 unspecified atom stereocenters. The normalized spacial score (nSPS) is 11.6. The molecular formula is C13H15N3S. The van der Waals surface area contributed by atoms with E-state index in [2.05, 4.69) is 16.0 Å². The Balaban J connectivity index is 1.98. The van der Waals surface area contributed by atoms with Crippen LogP contribution >= 0.6 is 11.8 Å². The van der Waals surface area contributed by atoms with Crippen molar-refractivity contribution in [3.63, 3.8) is 0 Å². The lowest BCUT2D eigenvalue weighted by molar-refractivity contribution is 0.482. The SMILES string of the molecule is CC(C)(C#N)CCSc1nc2ccccc2[nH]1. The lowest BCUT2D eigenvalue weighted by Crippen LogP contribution is -2.08. The first-order valence-electron chi connectivity index (χ1n) is 5.59. The molecule has 0 amide bonds. The molecule has 88 valence electrons. The highest BCUT2D eigenvalue weighted by Crippen LogP contribution is 2.25. The molecule has 3 nitrogen and oxygen atoms in total. The quantitative estimate of drug-likeness (QED) is 0.837. The number of aromatic amines is 1. The molecule has 4 heteroatoms. The van der Waals surface area contributed by atoms with Gasteiger partial charge in [0.15, 0.2) is 5.16 Å². The van der Waals surface area contributed by atoms with Crippen molar-refractivity contribution in [2.24, 2.45) is 5.41 Å². The third kappa shape index (κ3) is 3.01. The van der Waals surface area contributed by atoms with Gasteiger partial charge < -0.3 is 4.98 Å². The first-order chi connectivity index (χ1) is 8.11. The number of thioether (sulfide) groups is 1. The third-order valence-electron chi connectivity index (χ3n) is 2.64. The van der Waals surface area contributed by atoms with Crippen LogP contribution in [-0.4, -0.2) is 15.7 Å². The second-order valence-corrected chi connectivity index (χ2v) is 5.74. The summed E-state index contributed by atoms with van der Waals surface area (Å²) in [6.45, 7) is 3.93. The highest BCUT2D eigenvalue weighted by Gasteiger charge is 2.16. The van der Waals surface area contributed by atoms with Gasteiger partial charge in [-0.1, -0.05) is 23.9 Å². The van der Waals surface area contributed by atoms with Gasteiger partial charge in [0.2, 0.25) is 0 Å². The molecule has 0 aliphatic heterocycles. The predicted octanol–water partition coefficient (Wildman–Crippen LogP) is 3.59. The molecule has 17 heavy (non-hydrogen) atoms. The number of fused-ring (bicyclic) bond motifs is 1. The van der Waals surface area contributed by atoms with Crippen LogP contribution in [0, 0.1) is 16.7 Å². The molecule has 0 radical (unpaired) electrons. The van der Waals surface area contributed by atoms with E-state index in [-0.39, 0.29) is 5.41 Å². The molecule has 1 N–H and O–H groups in total. The summed E-state index contributed by atoms with van der Waals surface area (Å²) in [5.41, 5.74) is 1.81. The van der Waals surface area contributed by atoms with Gasteiger partial charge in [0, 0.05) is 5.75 Å². The van der Waals surface area contributed by atoms with E-state index < -0.39 is 0 Å². The van der Waals surface area contributed by atoms with E-state index in [1.807, 2.05) is 38.1 Å². The molecule has 1 aromatic carbocycles. The molecule has 0 aliphatic rings. The number of aromatic nitrogens is 2. The molecule has 2 aromatic rings. The van der Waals surface area contributed by atoms with Crippen LogP contribution in [0.25, 0.3) is 11.0 Å². The van der Waals surface area contributed by atoms with Crippen LogP contribution in [0.5, 0.6) is 0 Å². The molecule has 0 fully saturated rings. The number of H-pyrrole nitrogens is 1. The first kappa shape index (κ1) is 12.0. The summed E-state index contributed by atoms with van der Waals surface area (Å²) >= 11 is 1.67. The smallest absolute Gasteiger partial charge is 0.166 e. The van der Waals surface area contributed by atoms with E-state index in [1.54, 1.807) is 11.8 Å². The molecule has 0 saturated heterocycles. The summed E-state index contributed by atoms with van der Waals surface area (Å²) in [4.78, 5) is 7.75. The minimum atomic E-state index is -0.251. The molecule has 2 rings (SSSR count). The van der Waals surface area contributed by atoms with Gasteiger partial charge >= 0.3 is 0 Å². The molecule has 1 aromatic heterocycles. The highest BCUT2D eigenvalue weighted by molar-refractivity contribution is 7.99. The number of nitrogens with one attached hydrogen (secondary N) is 1. The maximum Gasteiger partial charge on any atom is 0.166 e. The highest BCUT2D eigenvalue weighted by atomic mass is 32.2. The van der Waals surface area contributed by atoms with Gasteiger partial charge in [0.05, 0.1) is 22.5 Å². The van der Waals surface area contributed by atoms with Gasteiger partial charge in [0.25, 0.3) is 0 Å². The van der Waals surface area contributed by atoms with Crippen LogP contribution in [0.1, 0.15) is 20.3 Å². The largest absolute Gasteiger partial charge is 0.333 e. The molecular weight excluding hydrogens is 230 g/mol. The molecule has 0 spiro atoms. The number of para-hydroxylation sites is 2. The van der Waals surface area contributed by atoms with Crippen LogP contribution < -0.4 is 0 Å². The van der Waals surface area contributed by atoms with Crippen LogP contribution in [-0.2, 0) is 0 Å². The Labute approximate surface area is 105 Å². The fourth-order valence-corrected chi connectivity index (χ4v) is 2.61. The summed E-state index contributed by atoms with van der Waals surface area (Å²) in [5.74, 6) is 0.903. The third-order valence-corrected chi connectivity index (χ3v) is 3.51. The average Bonchev–Trinajstić information content (AvgIpc) is 2.71. The Morgan fingerprint density at radius 1 is 1.41 bits per heavy atom. The van der Waals surface area contributed by atoms with Crippen molar-refractivity contribution < 1.29 is 0 Å². The van der Waals surface area contributed by atoms with Crippen molar-refractivity contribution in [2.45, 2.75) is 25.4 Å². The molecule has 0 bridgehead atoms.